The van der Waals surface area contributed by atoms with Gasteiger partial charge in [0.2, 0.25) is 0 Å². The molecule has 2 unspecified atom stereocenters. The lowest BCUT2D eigenvalue weighted by atomic mass is 9.91. The molecule has 0 aromatic heterocycles. The zero-order valence-electron chi connectivity index (χ0n) is 10.7. The highest BCUT2D eigenvalue weighted by Gasteiger charge is 2.44. The van der Waals surface area contributed by atoms with Crippen molar-refractivity contribution in [1.82, 2.24) is 0 Å². The summed E-state index contributed by atoms with van der Waals surface area (Å²) in [4.78, 5) is 0. The molecule has 0 N–H and O–H groups in total. The molecule has 1 heterocycles. The number of benzene rings is 2. The first-order valence-electron chi connectivity index (χ1n) is 6.86. The molecule has 1 aliphatic carbocycles. The average molecular weight is 252 g/mol. The Morgan fingerprint density at radius 1 is 1.05 bits per heavy atom. The Labute approximate surface area is 113 Å². The first kappa shape index (κ1) is 11.1. The van der Waals surface area contributed by atoms with Crippen LogP contribution in [0.15, 0.2) is 48.5 Å². The molecule has 0 bridgehead atoms. The minimum atomic E-state index is 0.337. The third-order valence-electron chi connectivity index (χ3n) is 3.97. The molecular formula is C17H16O2. The quantitative estimate of drug-likeness (QED) is 0.778. The molecule has 1 fully saturated rings. The summed E-state index contributed by atoms with van der Waals surface area (Å²) in [6, 6.07) is 16.6. The molecular weight excluding hydrogens is 236 g/mol. The van der Waals surface area contributed by atoms with Crippen molar-refractivity contribution in [3.05, 3.63) is 65.2 Å². The van der Waals surface area contributed by atoms with E-state index in [1.54, 1.807) is 0 Å². The first-order valence-corrected chi connectivity index (χ1v) is 6.86. The lowest BCUT2D eigenvalue weighted by molar-refractivity contribution is 0.302. The number of rotatable bonds is 3. The number of hydrogen-bond donors (Lipinski definition) is 0. The van der Waals surface area contributed by atoms with E-state index in [1.807, 2.05) is 18.2 Å². The van der Waals surface area contributed by atoms with Crippen molar-refractivity contribution in [2.24, 2.45) is 0 Å². The second-order valence-electron chi connectivity index (χ2n) is 5.23. The molecule has 2 aliphatic rings. The van der Waals surface area contributed by atoms with Crippen LogP contribution in [0.4, 0.5) is 0 Å². The zero-order chi connectivity index (χ0) is 12.7. The smallest absolute Gasteiger partial charge is 0.123 e. The van der Waals surface area contributed by atoms with Crippen molar-refractivity contribution in [2.45, 2.75) is 31.7 Å². The van der Waals surface area contributed by atoms with Crippen LogP contribution in [0.1, 0.15) is 29.2 Å². The molecule has 96 valence electrons. The maximum absolute atomic E-state index is 6.00. The van der Waals surface area contributed by atoms with Gasteiger partial charge in [0.25, 0.3) is 0 Å². The van der Waals surface area contributed by atoms with Gasteiger partial charge in [-0.15, -0.1) is 0 Å². The van der Waals surface area contributed by atoms with Crippen LogP contribution in [0.2, 0.25) is 0 Å². The van der Waals surface area contributed by atoms with Gasteiger partial charge in [0, 0.05) is 5.56 Å². The van der Waals surface area contributed by atoms with Gasteiger partial charge in [0.15, 0.2) is 0 Å². The normalized spacial score (nSPS) is 23.4. The molecule has 2 aromatic carbocycles. The molecule has 2 atom stereocenters. The van der Waals surface area contributed by atoms with E-state index in [0.717, 1.165) is 18.6 Å². The number of hydrogen-bond acceptors (Lipinski definition) is 2. The molecule has 1 aliphatic heterocycles. The Bertz CT molecular complexity index is 591. The molecule has 0 amide bonds. The molecule has 19 heavy (non-hydrogen) atoms. The Morgan fingerprint density at radius 2 is 1.95 bits per heavy atom. The summed E-state index contributed by atoms with van der Waals surface area (Å²) in [5.41, 5.74) is 3.88. The summed E-state index contributed by atoms with van der Waals surface area (Å²) >= 11 is 0. The minimum Gasteiger partial charge on any atom is -0.489 e. The molecule has 0 saturated carbocycles. The van der Waals surface area contributed by atoms with Crippen LogP contribution in [-0.4, -0.2) is 6.10 Å². The minimum absolute atomic E-state index is 0.337. The van der Waals surface area contributed by atoms with E-state index >= 15 is 0 Å². The van der Waals surface area contributed by atoms with E-state index in [4.69, 9.17) is 9.47 Å². The SMILES string of the molecule is c1ccc(COc2cccc3c2CCC2OC32)cc1. The molecule has 2 heteroatoms. The molecule has 1 saturated heterocycles. The lowest BCUT2D eigenvalue weighted by Crippen LogP contribution is -2.07. The maximum Gasteiger partial charge on any atom is 0.123 e. The van der Waals surface area contributed by atoms with Crippen molar-refractivity contribution in [2.75, 3.05) is 0 Å². The van der Waals surface area contributed by atoms with Gasteiger partial charge in [-0.2, -0.15) is 0 Å². The van der Waals surface area contributed by atoms with Crippen LogP contribution in [0.25, 0.3) is 0 Å². The Kier molecular flexibility index (Phi) is 2.56. The summed E-state index contributed by atoms with van der Waals surface area (Å²) in [5.74, 6) is 1.02. The highest BCUT2D eigenvalue weighted by Crippen LogP contribution is 2.48. The Balaban J connectivity index is 1.57. The van der Waals surface area contributed by atoms with Gasteiger partial charge in [-0.05, 0) is 30.0 Å². The van der Waals surface area contributed by atoms with Crippen LogP contribution in [-0.2, 0) is 17.8 Å². The summed E-state index contributed by atoms with van der Waals surface area (Å²) in [7, 11) is 0. The molecule has 4 rings (SSSR count). The van der Waals surface area contributed by atoms with Crippen LogP contribution in [0.3, 0.4) is 0 Å². The van der Waals surface area contributed by atoms with Gasteiger partial charge in [-0.25, -0.2) is 0 Å². The van der Waals surface area contributed by atoms with E-state index < -0.39 is 0 Å². The summed E-state index contributed by atoms with van der Waals surface area (Å²) in [5, 5.41) is 0. The van der Waals surface area contributed by atoms with Crippen molar-refractivity contribution >= 4 is 0 Å². The van der Waals surface area contributed by atoms with Crippen LogP contribution in [0.5, 0.6) is 5.75 Å². The highest BCUT2D eigenvalue weighted by atomic mass is 16.6. The standard InChI is InChI=1S/C17H16O2/c1-2-5-12(6-3-1)11-18-15-8-4-7-14-13(15)9-10-16-17(14)19-16/h1-8,16-17H,9-11H2. The number of epoxide rings is 1. The second-order valence-corrected chi connectivity index (χ2v) is 5.23. The molecule has 0 radical (unpaired) electrons. The topological polar surface area (TPSA) is 21.8 Å². The van der Waals surface area contributed by atoms with Crippen LogP contribution in [0, 0.1) is 0 Å². The number of ether oxygens (including phenoxy) is 2. The van der Waals surface area contributed by atoms with Crippen molar-refractivity contribution in [3.63, 3.8) is 0 Å². The van der Waals surface area contributed by atoms with Crippen molar-refractivity contribution < 1.29 is 9.47 Å². The first-order chi connectivity index (χ1) is 9.42. The summed E-state index contributed by atoms with van der Waals surface area (Å²) in [6.07, 6.45) is 3.01. The van der Waals surface area contributed by atoms with E-state index in [-0.39, 0.29) is 0 Å². The van der Waals surface area contributed by atoms with E-state index in [0.29, 0.717) is 18.8 Å². The van der Waals surface area contributed by atoms with Gasteiger partial charge in [0.05, 0.1) is 6.10 Å². The van der Waals surface area contributed by atoms with Gasteiger partial charge >= 0.3 is 0 Å². The van der Waals surface area contributed by atoms with Gasteiger partial charge < -0.3 is 9.47 Å². The third-order valence-corrected chi connectivity index (χ3v) is 3.97. The summed E-state index contributed by atoms with van der Waals surface area (Å²) < 4.78 is 11.7. The van der Waals surface area contributed by atoms with Gasteiger partial charge in [-0.3, -0.25) is 0 Å². The second kappa shape index (κ2) is 4.39. The van der Waals surface area contributed by atoms with Crippen molar-refractivity contribution in [1.29, 1.82) is 0 Å². The fraction of sp³-hybridized carbons (Fsp3) is 0.294. The average Bonchev–Trinajstić information content (AvgIpc) is 3.26. The van der Waals surface area contributed by atoms with Gasteiger partial charge in [-0.1, -0.05) is 42.5 Å². The Hall–Kier alpha value is -1.80. The Morgan fingerprint density at radius 3 is 2.84 bits per heavy atom. The number of fused-ring (bicyclic) bond motifs is 3. The molecule has 2 nitrogen and oxygen atoms in total. The lowest BCUT2D eigenvalue weighted by Gasteiger charge is -2.17. The van der Waals surface area contributed by atoms with E-state index in [2.05, 4.69) is 30.3 Å². The van der Waals surface area contributed by atoms with Gasteiger partial charge in [0.1, 0.15) is 18.5 Å². The zero-order valence-corrected chi connectivity index (χ0v) is 10.7. The highest BCUT2D eigenvalue weighted by molar-refractivity contribution is 5.45. The van der Waals surface area contributed by atoms with E-state index in [9.17, 15) is 0 Å². The van der Waals surface area contributed by atoms with Crippen LogP contribution >= 0.6 is 0 Å². The fourth-order valence-corrected chi connectivity index (χ4v) is 2.91. The van der Waals surface area contributed by atoms with Crippen LogP contribution < -0.4 is 4.74 Å². The molecule has 0 spiro atoms. The molecule has 2 aromatic rings. The summed E-state index contributed by atoms with van der Waals surface area (Å²) in [6.45, 7) is 0.631. The fourth-order valence-electron chi connectivity index (χ4n) is 2.91. The van der Waals surface area contributed by atoms with E-state index in [1.165, 1.54) is 16.7 Å². The maximum atomic E-state index is 6.00. The largest absolute Gasteiger partial charge is 0.489 e. The predicted octanol–water partition coefficient (Wildman–Crippen LogP) is 3.65. The monoisotopic (exact) mass is 252 g/mol. The predicted molar refractivity (Wildman–Crippen MR) is 73.2 cm³/mol. The third kappa shape index (κ3) is 2.02. The van der Waals surface area contributed by atoms with Crippen molar-refractivity contribution in [3.8, 4) is 5.75 Å².